The average molecular weight is 170 g/mol. The molecule has 1 heterocycles. The van der Waals surface area contributed by atoms with Crippen LogP contribution in [0, 0.1) is 11.8 Å². The second-order valence-corrected chi connectivity index (χ2v) is 3.73. The fourth-order valence-electron chi connectivity index (χ4n) is 1.98. The Morgan fingerprint density at radius 1 is 1.67 bits per heavy atom. The number of hydrogen-bond donors (Lipinski definition) is 0. The highest BCUT2D eigenvalue weighted by Crippen LogP contribution is 2.28. The highest BCUT2D eigenvalue weighted by Gasteiger charge is 2.33. The number of carbonyl (C=O) groups is 1. The molecule has 2 heteroatoms. The third-order valence-electron chi connectivity index (χ3n) is 2.80. The van der Waals surface area contributed by atoms with Gasteiger partial charge in [0.1, 0.15) is 5.78 Å². The lowest BCUT2D eigenvalue weighted by Gasteiger charge is -2.22. The molecular weight excluding hydrogens is 152 g/mol. The van der Waals surface area contributed by atoms with Crippen LogP contribution in [0.2, 0.25) is 0 Å². The summed E-state index contributed by atoms with van der Waals surface area (Å²) in [7, 11) is 0. The minimum Gasteiger partial charge on any atom is -0.377 e. The molecule has 0 aromatic carbocycles. The van der Waals surface area contributed by atoms with Crippen LogP contribution in [0.25, 0.3) is 0 Å². The van der Waals surface area contributed by atoms with Crippen LogP contribution in [0.5, 0.6) is 0 Å². The summed E-state index contributed by atoms with van der Waals surface area (Å²) >= 11 is 0. The van der Waals surface area contributed by atoms with Gasteiger partial charge in [0, 0.05) is 12.5 Å². The van der Waals surface area contributed by atoms with Crippen LogP contribution in [-0.2, 0) is 9.53 Å². The number of ether oxygens (including phenoxy) is 1. The molecule has 1 fully saturated rings. The van der Waals surface area contributed by atoms with Crippen molar-refractivity contribution in [2.45, 2.75) is 39.7 Å². The van der Waals surface area contributed by atoms with Crippen molar-refractivity contribution in [3.8, 4) is 0 Å². The van der Waals surface area contributed by atoms with Gasteiger partial charge in [-0.05, 0) is 25.7 Å². The number of rotatable bonds is 3. The quantitative estimate of drug-likeness (QED) is 0.647. The first kappa shape index (κ1) is 9.72. The van der Waals surface area contributed by atoms with Crippen LogP contribution >= 0.6 is 0 Å². The fourth-order valence-corrected chi connectivity index (χ4v) is 1.98. The molecule has 1 aliphatic rings. The zero-order valence-corrected chi connectivity index (χ0v) is 8.17. The summed E-state index contributed by atoms with van der Waals surface area (Å²) in [6.07, 6.45) is 2.20. The molecule has 0 spiro atoms. The SMILES string of the molecule is CC[C@H](C(C)=O)[C@@H]1OCC[C@H]1C. The largest absolute Gasteiger partial charge is 0.377 e. The molecule has 0 aromatic heterocycles. The molecule has 0 unspecified atom stereocenters. The molecule has 0 aromatic rings. The molecule has 0 saturated carbocycles. The van der Waals surface area contributed by atoms with Gasteiger partial charge in [-0.3, -0.25) is 4.79 Å². The molecule has 0 N–H and O–H groups in total. The first-order chi connectivity index (χ1) is 5.66. The molecule has 2 nitrogen and oxygen atoms in total. The van der Waals surface area contributed by atoms with Crippen molar-refractivity contribution in [3.63, 3.8) is 0 Å². The Bertz CT molecular complexity index is 165. The van der Waals surface area contributed by atoms with Crippen LogP contribution in [0.1, 0.15) is 33.6 Å². The first-order valence-corrected chi connectivity index (χ1v) is 4.78. The average Bonchev–Trinajstić information content (AvgIpc) is 2.38. The van der Waals surface area contributed by atoms with Crippen LogP contribution in [0.3, 0.4) is 0 Å². The number of carbonyl (C=O) groups excluding carboxylic acids is 1. The lowest BCUT2D eigenvalue weighted by Crippen LogP contribution is -2.29. The Labute approximate surface area is 74.3 Å². The number of hydrogen-bond acceptors (Lipinski definition) is 2. The Balaban J connectivity index is 2.58. The molecule has 70 valence electrons. The summed E-state index contributed by atoms with van der Waals surface area (Å²) < 4.78 is 5.56. The Morgan fingerprint density at radius 2 is 2.33 bits per heavy atom. The van der Waals surface area contributed by atoms with Gasteiger partial charge < -0.3 is 4.74 Å². The third-order valence-corrected chi connectivity index (χ3v) is 2.80. The van der Waals surface area contributed by atoms with Crippen LogP contribution in [-0.4, -0.2) is 18.5 Å². The second-order valence-electron chi connectivity index (χ2n) is 3.73. The minimum atomic E-state index is 0.127. The summed E-state index contributed by atoms with van der Waals surface area (Å²) in [5.74, 6) is 0.956. The lowest BCUT2D eigenvalue weighted by atomic mass is 9.88. The van der Waals surface area contributed by atoms with Crippen molar-refractivity contribution in [3.05, 3.63) is 0 Å². The fraction of sp³-hybridized carbons (Fsp3) is 0.900. The standard InChI is InChI=1S/C10H18O2/c1-4-9(8(3)11)10-7(2)5-6-12-10/h7,9-10H,4-6H2,1-3H3/t7-,9-,10-/m1/s1. The zero-order valence-electron chi connectivity index (χ0n) is 8.17. The van der Waals surface area contributed by atoms with Gasteiger partial charge >= 0.3 is 0 Å². The van der Waals surface area contributed by atoms with Gasteiger partial charge in [0.15, 0.2) is 0 Å². The van der Waals surface area contributed by atoms with E-state index in [1.54, 1.807) is 6.92 Å². The van der Waals surface area contributed by atoms with Crippen LogP contribution in [0.4, 0.5) is 0 Å². The Kier molecular flexibility index (Phi) is 3.27. The number of ketones is 1. The maximum absolute atomic E-state index is 11.2. The van der Waals surface area contributed by atoms with E-state index in [1.807, 2.05) is 0 Å². The minimum absolute atomic E-state index is 0.127. The van der Waals surface area contributed by atoms with E-state index in [0.717, 1.165) is 19.4 Å². The molecule has 0 radical (unpaired) electrons. The summed E-state index contributed by atoms with van der Waals surface area (Å²) in [5, 5.41) is 0. The molecule has 1 saturated heterocycles. The summed E-state index contributed by atoms with van der Waals surface area (Å²) in [6, 6.07) is 0. The van der Waals surface area contributed by atoms with Crippen LogP contribution in [0.15, 0.2) is 0 Å². The van der Waals surface area contributed by atoms with E-state index < -0.39 is 0 Å². The predicted octanol–water partition coefficient (Wildman–Crippen LogP) is 2.03. The van der Waals surface area contributed by atoms with Gasteiger partial charge in [-0.25, -0.2) is 0 Å². The summed E-state index contributed by atoms with van der Waals surface area (Å²) in [4.78, 5) is 11.2. The Hall–Kier alpha value is -0.370. The lowest BCUT2D eigenvalue weighted by molar-refractivity contribution is -0.125. The van der Waals surface area contributed by atoms with E-state index in [0.29, 0.717) is 5.92 Å². The third kappa shape index (κ3) is 1.86. The van der Waals surface area contributed by atoms with E-state index >= 15 is 0 Å². The normalized spacial score (nSPS) is 31.9. The molecule has 0 aliphatic carbocycles. The van der Waals surface area contributed by atoms with Gasteiger partial charge in [-0.15, -0.1) is 0 Å². The first-order valence-electron chi connectivity index (χ1n) is 4.78. The van der Waals surface area contributed by atoms with E-state index in [1.165, 1.54) is 0 Å². The van der Waals surface area contributed by atoms with Crippen molar-refractivity contribution in [2.24, 2.45) is 11.8 Å². The van der Waals surface area contributed by atoms with Gasteiger partial charge in [-0.2, -0.15) is 0 Å². The van der Waals surface area contributed by atoms with E-state index in [9.17, 15) is 4.79 Å². The van der Waals surface area contributed by atoms with Crippen molar-refractivity contribution in [1.82, 2.24) is 0 Å². The maximum atomic E-state index is 11.2. The molecular formula is C10H18O2. The van der Waals surface area contributed by atoms with Crippen molar-refractivity contribution in [1.29, 1.82) is 0 Å². The number of Topliss-reactive ketones (excluding diaryl/α,β-unsaturated/α-hetero) is 1. The van der Waals surface area contributed by atoms with Gasteiger partial charge in [0.2, 0.25) is 0 Å². The van der Waals surface area contributed by atoms with E-state index in [-0.39, 0.29) is 17.8 Å². The monoisotopic (exact) mass is 170 g/mol. The van der Waals surface area contributed by atoms with E-state index in [2.05, 4.69) is 13.8 Å². The Morgan fingerprint density at radius 3 is 2.67 bits per heavy atom. The molecule has 0 amide bonds. The topological polar surface area (TPSA) is 26.3 Å². The van der Waals surface area contributed by atoms with Gasteiger partial charge in [0.05, 0.1) is 6.10 Å². The second kappa shape index (κ2) is 4.04. The summed E-state index contributed by atoms with van der Waals surface area (Å²) in [6.45, 7) is 6.72. The smallest absolute Gasteiger partial charge is 0.135 e. The molecule has 12 heavy (non-hydrogen) atoms. The van der Waals surface area contributed by atoms with Crippen molar-refractivity contribution in [2.75, 3.05) is 6.61 Å². The highest BCUT2D eigenvalue weighted by molar-refractivity contribution is 5.78. The van der Waals surface area contributed by atoms with Crippen molar-refractivity contribution >= 4 is 5.78 Å². The molecule has 3 atom stereocenters. The van der Waals surface area contributed by atoms with Gasteiger partial charge in [0.25, 0.3) is 0 Å². The molecule has 1 aliphatic heterocycles. The van der Waals surface area contributed by atoms with Crippen molar-refractivity contribution < 1.29 is 9.53 Å². The molecule has 0 bridgehead atoms. The van der Waals surface area contributed by atoms with Crippen LogP contribution < -0.4 is 0 Å². The zero-order chi connectivity index (χ0) is 9.14. The molecule has 1 rings (SSSR count). The predicted molar refractivity (Wildman–Crippen MR) is 48.0 cm³/mol. The highest BCUT2D eigenvalue weighted by atomic mass is 16.5. The van der Waals surface area contributed by atoms with E-state index in [4.69, 9.17) is 4.74 Å². The summed E-state index contributed by atoms with van der Waals surface area (Å²) in [5.41, 5.74) is 0. The maximum Gasteiger partial charge on any atom is 0.135 e. The van der Waals surface area contributed by atoms with Gasteiger partial charge in [-0.1, -0.05) is 13.8 Å².